The van der Waals surface area contributed by atoms with Gasteiger partial charge in [-0.3, -0.25) is 19.2 Å². The molecule has 1 N–H and O–H groups in total. The maximum absolute atomic E-state index is 14.9. The van der Waals surface area contributed by atoms with Gasteiger partial charge in [0.05, 0.1) is 35.9 Å². The number of nitrogens with zero attached hydrogens (tertiary/aromatic N) is 5. The number of methoxy groups -OCH3 is 1. The Kier molecular flexibility index (Phi) is 9.62. The molecule has 2 aromatic carbocycles. The minimum Gasteiger partial charge on any atom is -0.497 e. The van der Waals surface area contributed by atoms with Crippen LogP contribution < -0.4 is 9.46 Å². The Bertz CT molecular complexity index is 2390. The Balaban J connectivity index is 1.35. The Hall–Kier alpha value is -4.63. The van der Waals surface area contributed by atoms with Gasteiger partial charge in [0.2, 0.25) is 10.0 Å². The quantitative estimate of drug-likeness (QED) is 0.203. The summed E-state index contributed by atoms with van der Waals surface area (Å²) in [5.41, 5.74) is 3.02. The van der Waals surface area contributed by atoms with Crippen molar-refractivity contribution in [1.82, 2.24) is 28.9 Å². The Labute approximate surface area is 324 Å². The van der Waals surface area contributed by atoms with E-state index in [1.807, 2.05) is 41.8 Å². The van der Waals surface area contributed by atoms with Crippen LogP contribution >= 0.6 is 0 Å². The molecule has 8 rings (SSSR count). The molecule has 15 heteroatoms. The fourth-order valence-corrected chi connectivity index (χ4v) is 10.1. The van der Waals surface area contributed by atoms with Crippen LogP contribution in [-0.2, 0) is 29.8 Å². The van der Waals surface area contributed by atoms with E-state index in [0.717, 1.165) is 60.9 Å². The zero-order valence-corrected chi connectivity index (χ0v) is 33.1. The summed E-state index contributed by atoms with van der Waals surface area (Å²) >= 11 is 0. The highest BCUT2D eigenvalue weighted by Crippen LogP contribution is 2.49. The van der Waals surface area contributed by atoms with E-state index < -0.39 is 44.5 Å². The number of nitrogens with one attached hydrogen (secondary N) is 1. The number of rotatable bonds is 8. The Morgan fingerprint density at radius 3 is 2.41 bits per heavy atom. The maximum Gasteiger partial charge on any atom is 0.435 e. The fraction of sp³-hybridized carbons (Fsp3) is 0.488. The van der Waals surface area contributed by atoms with Crippen LogP contribution in [0.3, 0.4) is 0 Å². The minimum atomic E-state index is -4.90. The number of aromatic nitrogens is 3. The Morgan fingerprint density at radius 1 is 1.02 bits per heavy atom. The molecule has 2 atom stereocenters. The van der Waals surface area contributed by atoms with E-state index in [2.05, 4.69) is 14.7 Å². The van der Waals surface area contributed by atoms with E-state index in [-0.39, 0.29) is 35.8 Å². The van der Waals surface area contributed by atoms with Crippen LogP contribution in [0, 0.1) is 0 Å². The smallest absolute Gasteiger partial charge is 0.435 e. The first-order chi connectivity index (χ1) is 26.6. The largest absolute Gasteiger partial charge is 0.497 e. The number of aryl methyl sites for hydroxylation is 1. The zero-order chi connectivity index (χ0) is 39.8. The first-order valence-electron chi connectivity index (χ1n) is 19.4. The molecule has 298 valence electrons. The number of benzene rings is 2. The van der Waals surface area contributed by atoms with E-state index in [1.54, 1.807) is 24.1 Å². The molecule has 2 saturated heterocycles. The molecule has 1 aliphatic carbocycles. The van der Waals surface area contributed by atoms with Crippen molar-refractivity contribution >= 4 is 44.4 Å². The third-order valence-electron chi connectivity index (χ3n) is 12.3. The lowest BCUT2D eigenvalue weighted by Crippen LogP contribution is -2.49. The van der Waals surface area contributed by atoms with E-state index in [0.29, 0.717) is 41.9 Å². The molecule has 0 unspecified atom stereocenters. The normalized spacial score (nSPS) is 20.3. The number of halogens is 3. The second kappa shape index (κ2) is 14.1. The second-order valence-corrected chi connectivity index (χ2v) is 18.1. The number of hydrogen-bond acceptors (Lipinski definition) is 7. The van der Waals surface area contributed by atoms with Crippen LogP contribution in [0.4, 0.5) is 13.2 Å². The molecule has 3 fully saturated rings. The molecular formula is C41H47F3N6O5S. The van der Waals surface area contributed by atoms with Crippen LogP contribution in [-0.4, -0.2) is 88.5 Å². The molecule has 0 spiro atoms. The van der Waals surface area contributed by atoms with Gasteiger partial charge in [-0.1, -0.05) is 32.3 Å². The number of amides is 2. The summed E-state index contributed by atoms with van der Waals surface area (Å²) in [6.45, 7) is 6.81. The number of sulfonamides is 1. The number of carbonyl (C=O) groups excluding carboxylic acids is 2. The molecule has 4 aliphatic rings. The van der Waals surface area contributed by atoms with Gasteiger partial charge < -0.3 is 14.2 Å². The van der Waals surface area contributed by atoms with E-state index >= 15 is 0 Å². The molecule has 56 heavy (non-hydrogen) atoms. The lowest BCUT2D eigenvalue weighted by molar-refractivity contribution is -0.141. The SMILES string of the molecule is CCN1C[C@@H]2C[C@H]1CN2C(=O)c1c(C(F)(F)F)nn(C)c1C1=Cc2cc(OC)ccc2-c2c(C3CCCCC3)c3ccc(C(=O)NS(=O)(=O)C(C)C)cc3n2C1. The highest BCUT2D eigenvalue weighted by Gasteiger charge is 2.49. The Morgan fingerprint density at radius 2 is 1.77 bits per heavy atom. The molecule has 4 aromatic rings. The first kappa shape index (κ1) is 38.3. The number of likely N-dealkylation sites (tertiary alicyclic amines) is 2. The number of fused-ring (bicyclic) bond motifs is 7. The predicted octanol–water partition coefficient (Wildman–Crippen LogP) is 7.06. The van der Waals surface area contributed by atoms with E-state index in [9.17, 15) is 31.2 Å². The van der Waals surface area contributed by atoms with Gasteiger partial charge in [0, 0.05) is 54.3 Å². The van der Waals surface area contributed by atoms with Gasteiger partial charge in [0.1, 0.15) is 5.75 Å². The second-order valence-electron chi connectivity index (χ2n) is 15.8. The minimum absolute atomic E-state index is 0.0394. The van der Waals surface area contributed by atoms with Crippen molar-refractivity contribution in [3.63, 3.8) is 0 Å². The number of likely N-dealkylation sites (N-methyl/N-ethyl adjacent to an activating group) is 1. The van der Waals surface area contributed by atoms with Gasteiger partial charge in [-0.15, -0.1) is 0 Å². The zero-order valence-electron chi connectivity index (χ0n) is 32.2. The van der Waals surface area contributed by atoms with Gasteiger partial charge in [-0.05, 0) is 98.7 Å². The third-order valence-corrected chi connectivity index (χ3v) is 14.0. The van der Waals surface area contributed by atoms with Crippen molar-refractivity contribution in [2.45, 2.75) is 95.3 Å². The number of piperazine rings is 1. The molecule has 3 aliphatic heterocycles. The third kappa shape index (κ3) is 6.40. The summed E-state index contributed by atoms with van der Waals surface area (Å²) < 4.78 is 81.3. The highest BCUT2D eigenvalue weighted by atomic mass is 32.2. The van der Waals surface area contributed by atoms with Gasteiger partial charge in [-0.25, -0.2) is 13.1 Å². The fourth-order valence-electron chi connectivity index (χ4n) is 9.45. The number of carbonyl (C=O) groups is 2. The summed E-state index contributed by atoms with van der Waals surface area (Å²) in [7, 11) is -0.945. The van der Waals surface area contributed by atoms with Crippen LogP contribution in [0.2, 0.25) is 0 Å². The van der Waals surface area contributed by atoms with Gasteiger partial charge >= 0.3 is 6.18 Å². The monoisotopic (exact) mass is 792 g/mol. The molecule has 2 amide bonds. The number of hydrogen-bond donors (Lipinski definition) is 1. The number of ether oxygens (including phenoxy) is 1. The molecule has 2 aromatic heterocycles. The summed E-state index contributed by atoms with van der Waals surface area (Å²) in [5.74, 6) is -0.746. The van der Waals surface area contributed by atoms with Crippen molar-refractivity contribution in [3.05, 3.63) is 70.0 Å². The van der Waals surface area contributed by atoms with Crippen molar-refractivity contribution in [1.29, 1.82) is 0 Å². The van der Waals surface area contributed by atoms with E-state index in [1.165, 1.54) is 25.6 Å². The highest BCUT2D eigenvalue weighted by molar-refractivity contribution is 7.90. The van der Waals surface area contributed by atoms with E-state index in [4.69, 9.17) is 4.74 Å². The standard InChI is InChI=1S/C41H47F3N6O5S/c1-6-48-21-29-19-28(48)22-49(29)40(52)35-36(47(4)45-38(35)41(42,43)44)27-16-26-17-30(55-5)13-15-31(26)37-34(24-10-8-7-9-11-24)32-14-12-25(18-33(32)50(37)20-27)39(51)46-56(53,54)23(2)3/h12-18,23-24,28-29H,6-11,19-22H2,1-5H3,(H,46,51)/t28-,29-/m0/s1. The summed E-state index contributed by atoms with van der Waals surface area (Å²) in [5, 5.41) is 4.04. The van der Waals surface area contributed by atoms with Crippen LogP contribution in [0.15, 0.2) is 36.4 Å². The van der Waals surface area contributed by atoms with Gasteiger partial charge in [0.15, 0.2) is 5.69 Å². The first-order valence-corrected chi connectivity index (χ1v) is 21.0. The van der Waals surface area contributed by atoms with Gasteiger partial charge in [-0.2, -0.15) is 18.3 Å². The summed E-state index contributed by atoms with van der Waals surface area (Å²) in [6, 6.07) is 10.7. The molecule has 2 bridgehead atoms. The molecular weight excluding hydrogens is 746 g/mol. The van der Waals surface area contributed by atoms with Crippen molar-refractivity contribution in [2.24, 2.45) is 7.05 Å². The molecule has 11 nitrogen and oxygen atoms in total. The molecule has 5 heterocycles. The average molecular weight is 793 g/mol. The summed E-state index contributed by atoms with van der Waals surface area (Å²) in [6.07, 6.45) is 2.72. The maximum atomic E-state index is 14.9. The van der Waals surface area contributed by atoms with Crippen LogP contribution in [0.25, 0.3) is 33.8 Å². The average Bonchev–Trinajstić information content (AvgIpc) is 3.92. The van der Waals surface area contributed by atoms with Crippen molar-refractivity contribution < 1.29 is 35.9 Å². The van der Waals surface area contributed by atoms with Crippen LogP contribution in [0.5, 0.6) is 5.75 Å². The van der Waals surface area contributed by atoms with Crippen molar-refractivity contribution in [3.8, 4) is 17.0 Å². The summed E-state index contributed by atoms with van der Waals surface area (Å²) in [4.78, 5) is 31.9. The lowest BCUT2D eigenvalue weighted by atomic mass is 9.81. The van der Waals surface area contributed by atoms with Crippen molar-refractivity contribution in [2.75, 3.05) is 26.7 Å². The topological polar surface area (TPSA) is 119 Å². The predicted molar refractivity (Wildman–Crippen MR) is 208 cm³/mol. The van der Waals surface area contributed by atoms with Gasteiger partial charge in [0.25, 0.3) is 11.8 Å². The molecule has 0 radical (unpaired) electrons. The number of allylic oxidation sites excluding steroid dienone is 1. The lowest BCUT2D eigenvalue weighted by Gasteiger charge is -2.33. The molecule has 1 saturated carbocycles. The number of alkyl halides is 3. The van der Waals surface area contributed by atoms with Crippen LogP contribution in [0.1, 0.15) is 108 Å².